The molecule has 1 unspecified atom stereocenters. The Morgan fingerprint density at radius 1 is 1.00 bits per heavy atom. The minimum Gasteiger partial charge on any atom is -0.497 e. The fourth-order valence-corrected chi connectivity index (χ4v) is 4.80. The fraction of sp³-hybridized carbons (Fsp3) is 0.310. The Morgan fingerprint density at radius 3 is 2.51 bits per heavy atom. The molecule has 8 nitrogen and oxygen atoms in total. The van der Waals surface area contributed by atoms with Gasteiger partial charge in [-0.1, -0.05) is 30.3 Å². The van der Waals surface area contributed by atoms with Gasteiger partial charge < -0.3 is 24.4 Å². The van der Waals surface area contributed by atoms with Crippen LogP contribution in [0.15, 0.2) is 71.8 Å². The van der Waals surface area contributed by atoms with Crippen LogP contribution in [0.1, 0.15) is 42.2 Å². The van der Waals surface area contributed by atoms with Gasteiger partial charge in [0.2, 0.25) is 0 Å². The predicted octanol–water partition coefficient (Wildman–Crippen LogP) is 4.70. The summed E-state index contributed by atoms with van der Waals surface area (Å²) in [6, 6.07) is 21.4. The van der Waals surface area contributed by atoms with Gasteiger partial charge in [-0.2, -0.15) is 5.10 Å². The van der Waals surface area contributed by atoms with Crippen molar-refractivity contribution in [1.82, 2.24) is 5.43 Å². The molecule has 2 N–H and O–H groups in total. The van der Waals surface area contributed by atoms with Gasteiger partial charge in [-0.15, -0.1) is 0 Å². The molecule has 0 aliphatic carbocycles. The lowest BCUT2D eigenvalue weighted by Gasteiger charge is -2.31. The first-order valence-electron chi connectivity index (χ1n) is 12.6. The second-order valence-corrected chi connectivity index (χ2v) is 9.08. The molecule has 8 heteroatoms. The van der Waals surface area contributed by atoms with Crippen LogP contribution >= 0.6 is 0 Å². The molecular formula is C29H32N4O4. The van der Waals surface area contributed by atoms with Crippen molar-refractivity contribution in [1.29, 1.82) is 0 Å². The highest BCUT2D eigenvalue weighted by atomic mass is 16.5. The number of hydrogen-bond acceptors (Lipinski definition) is 7. The molecule has 1 fully saturated rings. The van der Waals surface area contributed by atoms with E-state index >= 15 is 0 Å². The van der Waals surface area contributed by atoms with E-state index in [1.807, 2.05) is 30.3 Å². The summed E-state index contributed by atoms with van der Waals surface area (Å²) in [6.45, 7) is 1.83. The molecule has 1 saturated heterocycles. The first-order valence-corrected chi connectivity index (χ1v) is 12.6. The summed E-state index contributed by atoms with van der Waals surface area (Å²) in [4.78, 5) is 15.3. The van der Waals surface area contributed by atoms with Crippen LogP contribution in [0, 0.1) is 0 Å². The maximum atomic E-state index is 13.0. The van der Waals surface area contributed by atoms with E-state index in [1.54, 1.807) is 38.5 Å². The lowest BCUT2D eigenvalue weighted by molar-refractivity contribution is -0.118. The maximum Gasteiger partial charge on any atom is 0.262 e. The largest absolute Gasteiger partial charge is 0.497 e. The molecule has 0 spiro atoms. The zero-order chi connectivity index (χ0) is 25.6. The average Bonchev–Trinajstić information content (AvgIpc) is 2.96. The number of benzene rings is 3. The standard InChI is InChI=1S/C29H32N4O4/c1-35-21-11-13-22(14-12-21)37-19-27(34)30-25-18-20(10-15-26(25)33-16-6-3-7-17-33)28-23-8-4-5-9-24(23)29(36-2)32-31-28/h4-5,8-15,18,29,32H,3,6-7,16-17,19H2,1-2H3,(H,30,34). The van der Waals surface area contributed by atoms with Gasteiger partial charge in [-0.05, 0) is 55.7 Å². The molecule has 37 heavy (non-hydrogen) atoms. The Balaban J connectivity index is 1.40. The topological polar surface area (TPSA) is 84.4 Å². The highest BCUT2D eigenvalue weighted by Gasteiger charge is 2.24. The molecule has 5 rings (SSSR count). The Bertz CT molecular complexity index is 1270. The molecule has 0 radical (unpaired) electrons. The van der Waals surface area contributed by atoms with E-state index in [4.69, 9.17) is 14.2 Å². The number of rotatable bonds is 8. The first-order chi connectivity index (χ1) is 18.2. The van der Waals surface area contributed by atoms with Crippen molar-refractivity contribution < 1.29 is 19.0 Å². The van der Waals surface area contributed by atoms with Crippen molar-refractivity contribution in [2.45, 2.75) is 25.5 Å². The van der Waals surface area contributed by atoms with E-state index in [2.05, 4.69) is 32.9 Å². The molecule has 0 saturated carbocycles. The van der Waals surface area contributed by atoms with Gasteiger partial charge >= 0.3 is 0 Å². The summed E-state index contributed by atoms with van der Waals surface area (Å²) >= 11 is 0. The Labute approximate surface area is 217 Å². The number of nitrogens with one attached hydrogen (secondary N) is 2. The SMILES string of the molecule is COc1ccc(OCC(=O)Nc2cc(C3=NNC(OC)c4ccccc43)ccc2N2CCCCC2)cc1. The van der Waals surface area contributed by atoms with Crippen LogP contribution in [-0.4, -0.2) is 45.5 Å². The lowest BCUT2D eigenvalue weighted by Crippen LogP contribution is -2.31. The molecule has 3 aromatic carbocycles. The van der Waals surface area contributed by atoms with Crippen molar-refractivity contribution in [3.05, 3.63) is 83.4 Å². The quantitative estimate of drug-likeness (QED) is 0.466. The van der Waals surface area contributed by atoms with E-state index in [0.29, 0.717) is 5.75 Å². The molecule has 0 bridgehead atoms. The molecule has 1 atom stereocenters. The third-order valence-corrected chi connectivity index (χ3v) is 6.70. The number of carbonyl (C=O) groups is 1. The Morgan fingerprint density at radius 2 is 1.76 bits per heavy atom. The third-order valence-electron chi connectivity index (χ3n) is 6.70. The second kappa shape index (κ2) is 11.3. The number of piperidine rings is 1. The monoisotopic (exact) mass is 500 g/mol. The predicted molar refractivity (Wildman–Crippen MR) is 145 cm³/mol. The third kappa shape index (κ3) is 5.54. The van der Waals surface area contributed by atoms with E-state index in [-0.39, 0.29) is 18.7 Å². The minimum atomic E-state index is -0.304. The molecule has 192 valence electrons. The summed E-state index contributed by atoms with van der Waals surface area (Å²) in [5, 5.41) is 7.72. The Hall–Kier alpha value is -4.04. The van der Waals surface area contributed by atoms with Crippen molar-refractivity contribution >= 4 is 23.0 Å². The van der Waals surface area contributed by atoms with E-state index in [0.717, 1.165) is 65.5 Å². The number of hydrogen-bond donors (Lipinski definition) is 2. The summed E-state index contributed by atoms with van der Waals surface area (Å²) < 4.78 is 16.4. The number of carbonyl (C=O) groups excluding carboxylic acids is 1. The Kier molecular flexibility index (Phi) is 7.56. The molecule has 2 aliphatic rings. The highest BCUT2D eigenvalue weighted by molar-refractivity contribution is 6.15. The summed E-state index contributed by atoms with van der Waals surface area (Å²) in [5.74, 6) is 1.11. The smallest absolute Gasteiger partial charge is 0.262 e. The summed E-state index contributed by atoms with van der Waals surface area (Å²) in [5.41, 5.74) is 8.58. The van der Waals surface area contributed by atoms with Crippen LogP contribution in [0.4, 0.5) is 11.4 Å². The van der Waals surface area contributed by atoms with E-state index in [1.165, 1.54) is 6.42 Å². The van der Waals surface area contributed by atoms with E-state index < -0.39 is 0 Å². The second-order valence-electron chi connectivity index (χ2n) is 9.08. The highest BCUT2D eigenvalue weighted by Crippen LogP contribution is 2.33. The van der Waals surface area contributed by atoms with Crippen LogP contribution in [0.3, 0.4) is 0 Å². The summed E-state index contributed by atoms with van der Waals surface area (Å²) in [7, 11) is 3.27. The van der Waals surface area contributed by atoms with Gasteiger partial charge in [-0.25, -0.2) is 0 Å². The van der Waals surface area contributed by atoms with Crippen molar-refractivity contribution in [2.24, 2.45) is 5.10 Å². The molecule has 0 aromatic heterocycles. The molecule has 1 amide bonds. The molecule has 2 aliphatic heterocycles. The van der Waals surface area contributed by atoms with Gasteiger partial charge in [0.05, 0.1) is 24.2 Å². The average molecular weight is 501 g/mol. The number of fused-ring (bicyclic) bond motifs is 1. The van der Waals surface area contributed by atoms with Gasteiger partial charge in [0.25, 0.3) is 5.91 Å². The molecular weight excluding hydrogens is 468 g/mol. The number of amides is 1. The number of methoxy groups -OCH3 is 2. The first kappa shape index (κ1) is 24.6. The molecule has 3 aromatic rings. The lowest BCUT2D eigenvalue weighted by atomic mass is 9.94. The number of hydrazone groups is 1. The van der Waals surface area contributed by atoms with Gasteiger partial charge in [0.15, 0.2) is 12.8 Å². The van der Waals surface area contributed by atoms with Crippen LogP contribution < -0.4 is 25.1 Å². The zero-order valence-electron chi connectivity index (χ0n) is 21.2. The fourth-order valence-electron chi connectivity index (χ4n) is 4.80. The van der Waals surface area contributed by atoms with Gasteiger partial charge in [0, 0.05) is 36.9 Å². The van der Waals surface area contributed by atoms with Crippen LogP contribution in [-0.2, 0) is 9.53 Å². The summed E-state index contributed by atoms with van der Waals surface area (Å²) in [6.07, 6.45) is 3.20. The van der Waals surface area contributed by atoms with Gasteiger partial charge in [-0.3, -0.25) is 10.2 Å². The number of anilines is 2. The number of nitrogens with zero attached hydrogens (tertiary/aromatic N) is 2. The number of ether oxygens (including phenoxy) is 3. The van der Waals surface area contributed by atoms with Crippen LogP contribution in [0.5, 0.6) is 11.5 Å². The van der Waals surface area contributed by atoms with Crippen molar-refractivity contribution in [3.8, 4) is 11.5 Å². The van der Waals surface area contributed by atoms with Crippen molar-refractivity contribution in [3.63, 3.8) is 0 Å². The van der Waals surface area contributed by atoms with Gasteiger partial charge in [0.1, 0.15) is 11.5 Å². The van der Waals surface area contributed by atoms with Crippen LogP contribution in [0.25, 0.3) is 0 Å². The molecule has 2 heterocycles. The normalized spacial score (nSPS) is 16.8. The van der Waals surface area contributed by atoms with E-state index in [9.17, 15) is 4.79 Å². The zero-order valence-corrected chi connectivity index (χ0v) is 21.2. The van der Waals surface area contributed by atoms with Crippen LogP contribution in [0.2, 0.25) is 0 Å². The maximum absolute atomic E-state index is 13.0. The van der Waals surface area contributed by atoms with Crippen molar-refractivity contribution in [2.75, 3.05) is 44.1 Å². The minimum absolute atomic E-state index is 0.100.